The molecule has 0 aliphatic carbocycles. The summed E-state index contributed by atoms with van der Waals surface area (Å²) < 4.78 is 20.8. The van der Waals surface area contributed by atoms with E-state index in [-0.39, 0.29) is 40.7 Å². The Morgan fingerprint density at radius 3 is 2.32 bits per heavy atom. The zero-order valence-electron chi connectivity index (χ0n) is 22.7. The molecule has 0 saturated heterocycles. The molecule has 4 rings (SSSR count). The monoisotopic (exact) mass is 598 g/mol. The van der Waals surface area contributed by atoms with Gasteiger partial charge in [0.25, 0.3) is 11.8 Å². The number of fused-ring (bicyclic) bond motifs is 1. The standard InChI is InChI=1S/C30H29Cl2FN4O4/c1-4-41-16-37-26-10-7-20(12-19(26)13-27(37)30(40)36-21-6-9-25(33)24(32)14-21)35-29(39)22-11-18(5-8-23(22)31)15-34-28(38)17(2)3/h5-14,17H,4,15-16H2,1-3H3,(H,34,38)(H,35,39)(H,36,40). The Kier molecular flexibility index (Phi) is 9.65. The van der Waals surface area contributed by atoms with Crippen molar-refractivity contribution in [3.05, 3.63) is 93.3 Å². The minimum absolute atomic E-state index is 0.0926. The summed E-state index contributed by atoms with van der Waals surface area (Å²) in [5, 5.41) is 9.25. The Labute approximate surface area is 246 Å². The van der Waals surface area contributed by atoms with Gasteiger partial charge in [-0.2, -0.15) is 0 Å². The van der Waals surface area contributed by atoms with Gasteiger partial charge in [-0.05, 0) is 67.1 Å². The zero-order chi connectivity index (χ0) is 29.7. The van der Waals surface area contributed by atoms with Crippen molar-refractivity contribution in [2.45, 2.75) is 34.0 Å². The van der Waals surface area contributed by atoms with Gasteiger partial charge >= 0.3 is 0 Å². The summed E-state index contributed by atoms with van der Waals surface area (Å²) >= 11 is 12.2. The minimum Gasteiger partial charge on any atom is -0.361 e. The highest BCUT2D eigenvalue weighted by atomic mass is 35.5. The first-order chi connectivity index (χ1) is 19.6. The maximum Gasteiger partial charge on any atom is 0.272 e. The third-order valence-corrected chi connectivity index (χ3v) is 6.88. The number of rotatable bonds is 10. The van der Waals surface area contributed by atoms with Gasteiger partial charge in [0, 0.05) is 35.8 Å². The van der Waals surface area contributed by atoms with Crippen molar-refractivity contribution >= 4 is 63.2 Å². The molecule has 0 bridgehead atoms. The molecule has 0 aliphatic rings. The van der Waals surface area contributed by atoms with Gasteiger partial charge in [0.05, 0.1) is 21.1 Å². The molecular formula is C30H29Cl2FN4O4. The number of carbonyl (C=O) groups excluding carboxylic acids is 3. The molecule has 214 valence electrons. The van der Waals surface area contributed by atoms with Crippen LogP contribution in [-0.2, 0) is 22.8 Å². The van der Waals surface area contributed by atoms with E-state index in [1.54, 1.807) is 60.9 Å². The van der Waals surface area contributed by atoms with E-state index in [4.69, 9.17) is 27.9 Å². The molecule has 3 amide bonds. The molecule has 11 heteroatoms. The van der Waals surface area contributed by atoms with Crippen LogP contribution in [0.4, 0.5) is 15.8 Å². The lowest BCUT2D eigenvalue weighted by molar-refractivity contribution is -0.124. The summed E-state index contributed by atoms with van der Waals surface area (Å²) in [7, 11) is 0. The number of halogens is 3. The van der Waals surface area contributed by atoms with Gasteiger partial charge in [0.15, 0.2) is 0 Å². The number of nitrogens with zero attached hydrogens (tertiary/aromatic N) is 1. The molecule has 0 atom stereocenters. The lowest BCUT2D eigenvalue weighted by Crippen LogP contribution is -2.27. The fraction of sp³-hybridized carbons (Fsp3) is 0.233. The maximum absolute atomic E-state index is 13.6. The summed E-state index contributed by atoms with van der Waals surface area (Å²) in [5.74, 6) is -1.70. The smallest absolute Gasteiger partial charge is 0.272 e. The van der Waals surface area contributed by atoms with Crippen LogP contribution in [0.3, 0.4) is 0 Å². The van der Waals surface area contributed by atoms with Crippen molar-refractivity contribution in [3.63, 3.8) is 0 Å². The van der Waals surface area contributed by atoms with Crippen molar-refractivity contribution < 1.29 is 23.5 Å². The number of ether oxygens (including phenoxy) is 1. The maximum atomic E-state index is 13.6. The van der Waals surface area contributed by atoms with Gasteiger partial charge in [-0.15, -0.1) is 0 Å². The van der Waals surface area contributed by atoms with E-state index < -0.39 is 17.6 Å². The van der Waals surface area contributed by atoms with Crippen LogP contribution in [-0.4, -0.2) is 28.9 Å². The number of aromatic nitrogens is 1. The van der Waals surface area contributed by atoms with E-state index in [1.165, 1.54) is 18.2 Å². The van der Waals surface area contributed by atoms with E-state index in [9.17, 15) is 18.8 Å². The third kappa shape index (κ3) is 7.24. The normalized spacial score (nSPS) is 11.1. The van der Waals surface area contributed by atoms with E-state index in [2.05, 4.69) is 16.0 Å². The van der Waals surface area contributed by atoms with Crippen molar-refractivity contribution in [2.75, 3.05) is 17.2 Å². The molecule has 3 N–H and O–H groups in total. The van der Waals surface area contributed by atoms with Crippen LogP contribution in [0, 0.1) is 11.7 Å². The van der Waals surface area contributed by atoms with Crippen LogP contribution in [0.15, 0.2) is 60.7 Å². The number of hydrogen-bond acceptors (Lipinski definition) is 4. The molecule has 41 heavy (non-hydrogen) atoms. The molecule has 3 aromatic carbocycles. The van der Waals surface area contributed by atoms with Crippen LogP contribution in [0.25, 0.3) is 10.9 Å². The third-order valence-electron chi connectivity index (χ3n) is 6.26. The zero-order valence-corrected chi connectivity index (χ0v) is 24.2. The van der Waals surface area contributed by atoms with Gasteiger partial charge in [-0.3, -0.25) is 14.4 Å². The summed E-state index contributed by atoms with van der Waals surface area (Å²) in [4.78, 5) is 38.2. The van der Waals surface area contributed by atoms with Crippen molar-refractivity contribution in [1.82, 2.24) is 9.88 Å². The summed E-state index contributed by atoms with van der Waals surface area (Å²) in [6.07, 6.45) is 0. The fourth-order valence-corrected chi connectivity index (χ4v) is 4.46. The molecule has 0 saturated carbocycles. The van der Waals surface area contributed by atoms with Gasteiger partial charge < -0.3 is 25.3 Å². The highest BCUT2D eigenvalue weighted by Gasteiger charge is 2.18. The predicted octanol–water partition coefficient (Wildman–Crippen LogP) is 6.86. The number of amides is 3. The average Bonchev–Trinajstić information content (AvgIpc) is 3.30. The van der Waals surface area contributed by atoms with Crippen molar-refractivity contribution in [2.24, 2.45) is 5.92 Å². The summed E-state index contributed by atoms with van der Waals surface area (Å²) in [5.41, 5.74) is 2.83. The van der Waals surface area contributed by atoms with E-state index in [0.717, 1.165) is 5.56 Å². The highest BCUT2D eigenvalue weighted by molar-refractivity contribution is 6.34. The molecule has 1 heterocycles. The molecule has 4 aromatic rings. The lowest BCUT2D eigenvalue weighted by Gasteiger charge is -2.12. The molecule has 8 nitrogen and oxygen atoms in total. The van der Waals surface area contributed by atoms with E-state index in [0.29, 0.717) is 34.6 Å². The first-order valence-electron chi connectivity index (χ1n) is 12.9. The van der Waals surface area contributed by atoms with Crippen molar-refractivity contribution in [1.29, 1.82) is 0 Å². The molecule has 0 aliphatic heterocycles. The second kappa shape index (κ2) is 13.2. The first-order valence-corrected chi connectivity index (χ1v) is 13.7. The van der Waals surface area contributed by atoms with Crippen molar-refractivity contribution in [3.8, 4) is 0 Å². The average molecular weight is 599 g/mol. The van der Waals surface area contributed by atoms with Gasteiger partial charge in [-0.25, -0.2) is 4.39 Å². The molecule has 0 radical (unpaired) electrons. The van der Waals surface area contributed by atoms with Gasteiger partial charge in [0.1, 0.15) is 18.2 Å². The highest BCUT2D eigenvalue weighted by Crippen LogP contribution is 2.27. The summed E-state index contributed by atoms with van der Waals surface area (Å²) in [6.45, 7) is 6.27. The van der Waals surface area contributed by atoms with Gasteiger partial charge in [-0.1, -0.05) is 43.1 Å². The number of anilines is 2. The van der Waals surface area contributed by atoms with Crippen LogP contribution in [0.1, 0.15) is 47.2 Å². The second-order valence-corrected chi connectivity index (χ2v) is 10.4. The molecule has 0 unspecified atom stereocenters. The largest absolute Gasteiger partial charge is 0.361 e. The minimum atomic E-state index is -0.587. The number of hydrogen-bond donors (Lipinski definition) is 3. The Balaban J connectivity index is 1.57. The van der Waals surface area contributed by atoms with Gasteiger partial charge in [0.2, 0.25) is 5.91 Å². The second-order valence-electron chi connectivity index (χ2n) is 9.58. The Morgan fingerprint density at radius 2 is 1.61 bits per heavy atom. The fourth-order valence-electron chi connectivity index (χ4n) is 4.08. The van der Waals surface area contributed by atoms with E-state index >= 15 is 0 Å². The molecular weight excluding hydrogens is 570 g/mol. The number of nitrogens with one attached hydrogen (secondary N) is 3. The molecule has 0 fully saturated rings. The first kappa shape index (κ1) is 30.0. The van der Waals surface area contributed by atoms with E-state index in [1.807, 2.05) is 6.92 Å². The molecule has 0 spiro atoms. The Bertz CT molecular complexity index is 1620. The van der Waals surface area contributed by atoms with Crippen LogP contribution in [0.2, 0.25) is 10.0 Å². The molecule has 1 aromatic heterocycles. The van der Waals surface area contributed by atoms with Crippen LogP contribution < -0.4 is 16.0 Å². The predicted molar refractivity (Wildman–Crippen MR) is 159 cm³/mol. The quantitative estimate of drug-likeness (QED) is 0.185. The number of carbonyl (C=O) groups is 3. The van der Waals surface area contributed by atoms with Crippen LogP contribution in [0.5, 0.6) is 0 Å². The topological polar surface area (TPSA) is 101 Å². The van der Waals surface area contributed by atoms with Crippen LogP contribution >= 0.6 is 23.2 Å². The lowest BCUT2D eigenvalue weighted by atomic mass is 10.1. The Hall–Kier alpha value is -3.92. The number of benzene rings is 3. The Morgan fingerprint density at radius 1 is 0.902 bits per heavy atom. The summed E-state index contributed by atoms with van der Waals surface area (Å²) in [6, 6.07) is 15.8. The SMILES string of the molecule is CCOCn1c(C(=O)Nc2ccc(F)c(Cl)c2)cc2cc(NC(=O)c3cc(CNC(=O)C(C)C)ccc3Cl)ccc21.